The molecule has 82 valence electrons. The lowest BCUT2D eigenvalue weighted by Gasteiger charge is -2.10. The highest BCUT2D eigenvalue weighted by Gasteiger charge is 2.27. The van der Waals surface area contributed by atoms with Crippen molar-refractivity contribution in [2.45, 2.75) is 24.6 Å². The van der Waals surface area contributed by atoms with Crippen LogP contribution in [0.4, 0.5) is 13.2 Å². The molecule has 0 nitrogen and oxygen atoms in total. The molecule has 0 N–H and O–H groups in total. The van der Waals surface area contributed by atoms with E-state index in [2.05, 4.69) is 0 Å². The van der Waals surface area contributed by atoms with E-state index in [-0.39, 0.29) is 5.56 Å². The fourth-order valence-electron chi connectivity index (χ4n) is 1.55. The molecule has 0 bridgehead atoms. The summed E-state index contributed by atoms with van der Waals surface area (Å²) in [5.41, 5.74) is 0.0578. The van der Waals surface area contributed by atoms with Crippen molar-refractivity contribution in [3.05, 3.63) is 35.1 Å². The highest BCUT2D eigenvalue weighted by molar-refractivity contribution is 6.20. The van der Waals surface area contributed by atoms with Crippen LogP contribution in [0.15, 0.2) is 12.1 Å². The minimum Gasteiger partial charge on any atom is -0.207 e. The molecule has 1 atom stereocenters. The fraction of sp³-hybridized carbons (Fsp3) is 0.455. The molecule has 0 saturated heterocycles. The van der Waals surface area contributed by atoms with Gasteiger partial charge in [0.25, 0.3) is 0 Å². The van der Waals surface area contributed by atoms with E-state index in [1.54, 1.807) is 0 Å². The van der Waals surface area contributed by atoms with Crippen molar-refractivity contribution in [3.63, 3.8) is 0 Å². The van der Waals surface area contributed by atoms with E-state index in [1.807, 2.05) is 0 Å². The van der Waals surface area contributed by atoms with Crippen LogP contribution in [0.25, 0.3) is 0 Å². The van der Waals surface area contributed by atoms with Gasteiger partial charge in [-0.15, -0.1) is 11.6 Å². The lowest BCUT2D eigenvalue weighted by molar-refractivity contribution is 0.487. The maximum atomic E-state index is 13.3. The summed E-state index contributed by atoms with van der Waals surface area (Å²) in [6.07, 6.45) is 2.81. The molecule has 0 amide bonds. The van der Waals surface area contributed by atoms with Crippen LogP contribution in [0.3, 0.4) is 0 Å². The van der Waals surface area contributed by atoms with Crippen LogP contribution in [-0.4, -0.2) is 0 Å². The van der Waals surface area contributed by atoms with Crippen LogP contribution < -0.4 is 0 Å². The summed E-state index contributed by atoms with van der Waals surface area (Å²) in [4.78, 5) is 0. The highest BCUT2D eigenvalue weighted by Crippen LogP contribution is 2.41. The molecule has 0 radical (unpaired) electrons. The first-order valence-electron chi connectivity index (χ1n) is 4.86. The van der Waals surface area contributed by atoms with Crippen molar-refractivity contribution in [2.75, 3.05) is 0 Å². The summed E-state index contributed by atoms with van der Waals surface area (Å²) in [6, 6.07) is 1.40. The molecule has 1 unspecified atom stereocenters. The van der Waals surface area contributed by atoms with E-state index in [0.29, 0.717) is 18.4 Å². The lowest BCUT2D eigenvalue weighted by Crippen LogP contribution is -1.99. The second-order valence-electron chi connectivity index (χ2n) is 3.93. The maximum absolute atomic E-state index is 13.3. The molecule has 1 saturated carbocycles. The summed E-state index contributed by atoms with van der Waals surface area (Å²) in [5.74, 6) is -2.48. The van der Waals surface area contributed by atoms with Gasteiger partial charge in [-0.05, 0) is 18.4 Å². The molecule has 0 spiro atoms. The number of hydrogen-bond acceptors (Lipinski definition) is 0. The minimum absolute atomic E-state index is 0.0578. The van der Waals surface area contributed by atoms with Gasteiger partial charge in [-0.2, -0.15) is 0 Å². The Bertz CT molecular complexity index is 374. The summed E-state index contributed by atoms with van der Waals surface area (Å²) in [7, 11) is 0. The zero-order chi connectivity index (χ0) is 11.0. The third-order valence-corrected chi connectivity index (χ3v) is 3.03. The second kappa shape index (κ2) is 4.05. The fourth-order valence-corrected chi connectivity index (χ4v) is 1.97. The standard InChI is InChI=1S/C11H10ClF3/c12-8(3-6-1-2-6)7-4-10(14)11(15)5-9(7)13/h4-6,8H,1-3H2. The topological polar surface area (TPSA) is 0 Å². The average Bonchev–Trinajstić information content (AvgIpc) is 2.95. The smallest absolute Gasteiger partial charge is 0.161 e. The quantitative estimate of drug-likeness (QED) is 0.544. The largest absolute Gasteiger partial charge is 0.207 e. The van der Waals surface area contributed by atoms with Crippen LogP contribution >= 0.6 is 11.6 Å². The van der Waals surface area contributed by atoms with Crippen LogP contribution in [0.2, 0.25) is 0 Å². The van der Waals surface area contributed by atoms with Crippen LogP contribution in [0, 0.1) is 23.4 Å². The first kappa shape index (κ1) is 10.8. The molecule has 1 aromatic carbocycles. The molecule has 0 aromatic heterocycles. The SMILES string of the molecule is Fc1cc(F)c(C(Cl)CC2CC2)cc1F. The summed E-state index contributed by atoms with van der Waals surface area (Å²) in [6.45, 7) is 0. The summed E-state index contributed by atoms with van der Waals surface area (Å²) >= 11 is 5.94. The Labute approximate surface area is 91.1 Å². The number of halogens is 4. The summed E-state index contributed by atoms with van der Waals surface area (Å²) < 4.78 is 38.8. The first-order chi connectivity index (χ1) is 7.08. The van der Waals surface area contributed by atoms with Crippen molar-refractivity contribution in [3.8, 4) is 0 Å². The molecule has 15 heavy (non-hydrogen) atoms. The molecule has 0 heterocycles. The van der Waals surface area contributed by atoms with E-state index >= 15 is 0 Å². The Morgan fingerprint density at radius 1 is 1.13 bits per heavy atom. The van der Waals surface area contributed by atoms with Crippen LogP contribution in [0.5, 0.6) is 0 Å². The molecule has 0 aliphatic heterocycles. The van der Waals surface area contributed by atoms with E-state index < -0.39 is 22.8 Å². The molecule has 4 heteroatoms. The normalized spacial score (nSPS) is 17.9. The number of alkyl halides is 1. The predicted molar refractivity (Wildman–Crippen MR) is 52.3 cm³/mol. The molecular weight excluding hydrogens is 225 g/mol. The molecule has 1 aliphatic rings. The van der Waals surface area contributed by atoms with Gasteiger partial charge < -0.3 is 0 Å². The van der Waals surface area contributed by atoms with E-state index in [1.165, 1.54) is 0 Å². The number of hydrogen-bond donors (Lipinski definition) is 0. The van der Waals surface area contributed by atoms with Gasteiger partial charge in [0.15, 0.2) is 11.6 Å². The zero-order valence-corrected chi connectivity index (χ0v) is 8.70. The van der Waals surface area contributed by atoms with Gasteiger partial charge in [-0.3, -0.25) is 0 Å². The van der Waals surface area contributed by atoms with E-state index in [4.69, 9.17) is 11.6 Å². The average molecular weight is 235 g/mol. The summed E-state index contributed by atoms with van der Waals surface area (Å²) in [5, 5.41) is -0.562. The third-order valence-electron chi connectivity index (χ3n) is 2.61. The molecular formula is C11H10ClF3. The second-order valence-corrected chi connectivity index (χ2v) is 4.46. The van der Waals surface area contributed by atoms with Gasteiger partial charge in [0, 0.05) is 11.6 Å². The van der Waals surface area contributed by atoms with Gasteiger partial charge >= 0.3 is 0 Å². The van der Waals surface area contributed by atoms with E-state index in [9.17, 15) is 13.2 Å². The monoisotopic (exact) mass is 234 g/mol. The van der Waals surface area contributed by atoms with Crippen molar-refractivity contribution in [1.82, 2.24) is 0 Å². The molecule has 1 aromatic rings. The minimum atomic E-state index is -1.17. The van der Waals surface area contributed by atoms with Crippen LogP contribution in [0.1, 0.15) is 30.2 Å². The molecule has 2 rings (SSSR count). The van der Waals surface area contributed by atoms with Crippen molar-refractivity contribution < 1.29 is 13.2 Å². The lowest BCUT2D eigenvalue weighted by atomic mass is 10.1. The predicted octanol–water partition coefficient (Wildman–Crippen LogP) is 4.18. The van der Waals surface area contributed by atoms with Crippen molar-refractivity contribution in [1.29, 1.82) is 0 Å². The Morgan fingerprint density at radius 3 is 2.33 bits per heavy atom. The van der Waals surface area contributed by atoms with Gasteiger partial charge in [-0.1, -0.05) is 12.8 Å². The Kier molecular flexibility index (Phi) is 2.91. The Morgan fingerprint density at radius 2 is 1.73 bits per heavy atom. The Balaban J connectivity index is 2.21. The Hall–Kier alpha value is -0.700. The molecule has 1 fully saturated rings. The van der Waals surface area contributed by atoms with Crippen LogP contribution in [-0.2, 0) is 0 Å². The van der Waals surface area contributed by atoms with Gasteiger partial charge in [0.1, 0.15) is 5.82 Å². The highest BCUT2D eigenvalue weighted by atomic mass is 35.5. The van der Waals surface area contributed by atoms with E-state index in [0.717, 1.165) is 18.9 Å². The number of rotatable bonds is 3. The maximum Gasteiger partial charge on any atom is 0.161 e. The molecule has 1 aliphatic carbocycles. The first-order valence-corrected chi connectivity index (χ1v) is 5.30. The zero-order valence-electron chi connectivity index (χ0n) is 7.94. The van der Waals surface area contributed by atoms with Gasteiger partial charge in [-0.25, -0.2) is 13.2 Å². The third kappa shape index (κ3) is 2.46. The van der Waals surface area contributed by atoms with Crippen molar-refractivity contribution >= 4 is 11.6 Å². The van der Waals surface area contributed by atoms with Gasteiger partial charge in [0.05, 0.1) is 5.38 Å². The van der Waals surface area contributed by atoms with Gasteiger partial charge in [0.2, 0.25) is 0 Å². The van der Waals surface area contributed by atoms with Crippen molar-refractivity contribution in [2.24, 2.45) is 5.92 Å². The number of benzene rings is 1.